The molecule has 3 aliphatic rings. The van der Waals surface area contributed by atoms with Gasteiger partial charge in [0.25, 0.3) is 0 Å². The number of fused-ring (bicyclic) bond motifs is 2. The first-order valence-corrected chi connectivity index (χ1v) is 11.1. The molecule has 5 rings (SSSR count). The van der Waals surface area contributed by atoms with Gasteiger partial charge in [-0.25, -0.2) is 9.59 Å². The van der Waals surface area contributed by atoms with Crippen molar-refractivity contribution in [2.75, 3.05) is 20.2 Å². The number of hydrogen-bond acceptors (Lipinski definition) is 5. The molecule has 8 heteroatoms. The molecule has 2 atom stereocenters. The molecule has 1 saturated carbocycles. The lowest BCUT2D eigenvalue weighted by atomic mass is 9.77. The molecule has 0 saturated heterocycles. The van der Waals surface area contributed by atoms with E-state index < -0.39 is 11.9 Å². The van der Waals surface area contributed by atoms with E-state index in [-0.39, 0.29) is 11.9 Å². The number of carboxylic acids is 2. The Hall–Kier alpha value is -3.39. The largest absolute Gasteiger partial charge is 0.478 e. The van der Waals surface area contributed by atoms with Crippen LogP contribution >= 0.6 is 0 Å². The summed E-state index contributed by atoms with van der Waals surface area (Å²) in [4.78, 5) is 37.0. The first kappa shape index (κ1) is 22.8. The Bertz CT molecular complexity index is 1110. The predicted octanol–water partition coefficient (Wildman–Crippen LogP) is 3.10. The fraction of sp³-hybridized carbons (Fsp3) is 0.400. The standard InChI is InChI=1S/C21H24N2O2.C4H4O4/c1-23-11-13(12-25-21(24)14-4-2-5-14)8-17-16-6-3-7-18-20(16)15(10-22-18)9-19(17)23;5-3(6)1-2-4(7)8/h3,6-8,10,14,17,19,22H,2,4-5,9,11-12H2,1H3;1-2H,(H,5,6)(H,7,8)/b;2-1-/t17-,19-;/m1./s1. The molecule has 1 fully saturated rings. The molecule has 1 aliphatic heterocycles. The number of likely N-dealkylation sites (N-methyl/N-ethyl adjacent to an activating group) is 1. The lowest BCUT2D eigenvalue weighted by Crippen LogP contribution is -2.44. The van der Waals surface area contributed by atoms with E-state index in [9.17, 15) is 14.4 Å². The Morgan fingerprint density at radius 3 is 2.55 bits per heavy atom. The topological polar surface area (TPSA) is 120 Å². The van der Waals surface area contributed by atoms with E-state index in [0.717, 1.165) is 32.2 Å². The summed E-state index contributed by atoms with van der Waals surface area (Å²) >= 11 is 0. The third-order valence-corrected chi connectivity index (χ3v) is 6.66. The molecule has 1 aromatic carbocycles. The predicted molar refractivity (Wildman–Crippen MR) is 122 cm³/mol. The molecule has 3 N–H and O–H groups in total. The van der Waals surface area contributed by atoms with E-state index in [2.05, 4.69) is 47.4 Å². The van der Waals surface area contributed by atoms with Gasteiger partial charge in [-0.1, -0.05) is 24.6 Å². The Kier molecular flexibility index (Phi) is 6.65. The van der Waals surface area contributed by atoms with Crippen molar-refractivity contribution in [3.63, 3.8) is 0 Å². The molecule has 8 nitrogen and oxygen atoms in total. The summed E-state index contributed by atoms with van der Waals surface area (Å²) < 4.78 is 5.60. The van der Waals surface area contributed by atoms with Crippen LogP contribution < -0.4 is 0 Å². The maximum absolute atomic E-state index is 12.0. The molecule has 2 aromatic rings. The summed E-state index contributed by atoms with van der Waals surface area (Å²) in [5, 5.41) is 17.0. The maximum Gasteiger partial charge on any atom is 0.328 e. The fourth-order valence-electron chi connectivity index (χ4n) is 4.82. The smallest absolute Gasteiger partial charge is 0.328 e. The van der Waals surface area contributed by atoms with Crippen LogP contribution in [0.3, 0.4) is 0 Å². The second kappa shape index (κ2) is 9.62. The number of aromatic nitrogens is 1. The van der Waals surface area contributed by atoms with E-state index in [1.165, 1.54) is 27.6 Å². The fourth-order valence-corrected chi connectivity index (χ4v) is 4.82. The molecule has 0 bridgehead atoms. The number of benzene rings is 1. The second-order valence-corrected chi connectivity index (χ2v) is 8.87. The van der Waals surface area contributed by atoms with Gasteiger partial charge in [0.1, 0.15) is 6.61 Å². The summed E-state index contributed by atoms with van der Waals surface area (Å²) in [5.41, 5.74) is 5.28. The zero-order valence-electron chi connectivity index (χ0n) is 18.5. The number of carbonyl (C=O) groups is 3. The Balaban J connectivity index is 0.000000281. The van der Waals surface area contributed by atoms with Crippen LogP contribution in [-0.2, 0) is 25.5 Å². The zero-order chi connectivity index (χ0) is 23.5. The zero-order valence-corrected chi connectivity index (χ0v) is 18.5. The maximum atomic E-state index is 12.0. The molecule has 0 radical (unpaired) electrons. The molecule has 0 unspecified atom stereocenters. The van der Waals surface area contributed by atoms with Gasteiger partial charge in [0, 0.05) is 47.8 Å². The number of nitrogens with zero attached hydrogens (tertiary/aromatic N) is 1. The third-order valence-electron chi connectivity index (χ3n) is 6.66. The summed E-state index contributed by atoms with van der Waals surface area (Å²) in [7, 11) is 2.19. The van der Waals surface area contributed by atoms with Crippen LogP contribution in [-0.4, -0.2) is 64.2 Å². The Labute approximate surface area is 191 Å². The monoisotopic (exact) mass is 452 g/mol. The van der Waals surface area contributed by atoms with Crippen molar-refractivity contribution < 1.29 is 29.3 Å². The molecule has 1 aromatic heterocycles. The minimum atomic E-state index is -1.26. The molecule has 174 valence electrons. The van der Waals surface area contributed by atoms with Crippen LogP contribution in [0.25, 0.3) is 10.9 Å². The van der Waals surface area contributed by atoms with E-state index in [1.54, 1.807) is 0 Å². The van der Waals surface area contributed by atoms with Crippen molar-refractivity contribution in [1.29, 1.82) is 0 Å². The second-order valence-electron chi connectivity index (χ2n) is 8.87. The number of aliphatic carboxylic acids is 2. The minimum Gasteiger partial charge on any atom is -0.478 e. The van der Waals surface area contributed by atoms with Gasteiger partial charge in [-0.05, 0) is 49.1 Å². The van der Waals surface area contributed by atoms with Crippen molar-refractivity contribution in [3.05, 3.63) is 59.3 Å². The SMILES string of the molecule is CN1CC(COC(=O)C2CCC2)=C[C@@H]2c3cccc4[nH]cc(c34)C[C@H]21.O=C(O)/C=C\C(=O)O. The molecule has 0 spiro atoms. The van der Waals surface area contributed by atoms with Crippen molar-refractivity contribution in [3.8, 4) is 0 Å². The lowest BCUT2D eigenvalue weighted by Gasteiger charge is -2.41. The summed E-state index contributed by atoms with van der Waals surface area (Å²) in [5.74, 6) is -1.99. The van der Waals surface area contributed by atoms with Gasteiger partial charge in [-0.2, -0.15) is 0 Å². The number of carbonyl (C=O) groups excluding carboxylic acids is 1. The van der Waals surface area contributed by atoms with Crippen molar-refractivity contribution in [2.24, 2.45) is 5.92 Å². The van der Waals surface area contributed by atoms with Crippen LogP contribution in [0.4, 0.5) is 0 Å². The van der Waals surface area contributed by atoms with E-state index in [4.69, 9.17) is 14.9 Å². The first-order chi connectivity index (χ1) is 15.8. The third kappa shape index (κ3) is 5.01. The minimum absolute atomic E-state index is 0.00408. The molecule has 2 aliphatic carbocycles. The van der Waals surface area contributed by atoms with Gasteiger partial charge in [-0.15, -0.1) is 0 Å². The van der Waals surface area contributed by atoms with Gasteiger partial charge in [0.15, 0.2) is 0 Å². The van der Waals surface area contributed by atoms with Crippen LogP contribution in [0.1, 0.15) is 36.3 Å². The highest BCUT2D eigenvalue weighted by Crippen LogP contribution is 2.41. The molecule has 0 amide bonds. The van der Waals surface area contributed by atoms with Crippen LogP contribution in [0.2, 0.25) is 0 Å². The number of nitrogens with one attached hydrogen (secondary N) is 1. The number of H-pyrrole nitrogens is 1. The van der Waals surface area contributed by atoms with Crippen molar-refractivity contribution in [1.82, 2.24) is 9.88 Å². The average molecular weight is 453 g/mol. The number of hydrogen-bond donors (Lipinski definition) is 3. The summed E-state index contributed by atoms with van der Waals surface area (Å²) in [6.07, 6.45) is 9.88. The molecule has 2 heterocycles. The Morgan fingerprint density at radius 1 is 1.18 bits per heavy atom. The molecular formula is C25H28N2O6. The van der Waals surface area contributed by atoms with E-state index in [0.29, 0.717) is 30.7 Å². The van der Waals surface area contributed by atoms with Crippen LogP contribution in [0.15, 0.2) is 48.2 Å². The number of carboxylic acid groups (broad SMARTS) is 2. The Morgan fingerprint density at radius 2 is 1.91 bits per heavy atom. The van der Waals surface area contributed by atoms with Crippen molar-refractivity contribution in [2.45, 2.75) is 37.6 Å². The highest BCUT2D eigenvalue weighted by atomic mass is 16.5. The van der Waals surface area contributed by atoms with Crippen LogP contribution in [0.5, 0.6) is 0 Å². The average Bonchev–Trinajstić information content (AvgIpc) is 3.15. The van der Waals surface area contributed by atoms with E-state index in [1.807, 2.05) is 0 Å². The number of rotatable bonds is 5. The van der Waals surface area contributed by atoms with Gasteiger partial charge in [0.05, 0.1) is 5.92 Å². The lowest BCUT2D eigenvalue weighted by molar-refractivity contribution is -0.150. The highest BCUT2D eigenvalue weighted by Gasteiger charge is 2.36. The number of esters is 1. The highest BCUT2D eigenvalue weighted by molar-refractivity contribution is 5.90. The van der Waals surface area contributed by atoms with Gasteiger partial charge < -0.3 is 19.9 Å². The first-order valence-electron chi connectivity index (χ1n) is 11.1. The van der Waals surface area contributed by atoms with Crippen molar-refractivity contribution >= 4 is 28.8 Å². The van der Waals surface area contributed by atoms with Gasteiger partial charge in [0.2, 0.25) is 0 Å². The van der Waals surface area contributed by atoms with Gasteiger partial charge in [-0.3, -0.25) is 9.69 Å². The van der Waals surface area contributed by atoms with Crippen LogP contribution in [0, 0.1) is 5.92 Å². The normalized spacial score (nSPS) is 22.0. The summed E-state index contributed by atoms with van der Waals surface area (Å²) in [6.45, 7) is 1.33. The molecular weight excluding hydrogens is 424 g/mol. The molecule has 33 heavy (non-hydrogen) atoms. The summed E-state index contributed by atoms with van der Waals surface area (Å²) in [6, 6.07) is 7.03. The number of ether oxygens (including phenoxy) is 1. The quantitative estimate of drug-likeness (QED) is 0.362. The van der Waals surface area contributed by atoms with E-state index >= 15 is 0 Å². The van der Waals surface area contributed by atoms with Gasteiger partial charge >= 0.3 is 17.9 Å². The number of aromatic amines is 1.